The van der Waals surface area contributed by atoms with Crippen molar-refractivity contribution >= 4 is 33.3 Å². The summed E-state index contributed by atoms with van der Waals surface area (Å²) in [5.41, 5.74) is 0.756. The molecule has 0 spiro atoms. The van der Waals surface area contributed by atoms with Gasteiger partial charge in [-0.1, -0.05) is 21.1 Å². The van der Waals surface area contributed by atoms with Gasteiger partial charge in [-0.25, -0.2) is 4.68 Å². The largest absolute Gasteiger partial charge is 0.480 e. The topological polar surface area (TPSA) is 123 Å². The van der Waals surface area contributed by atoms with Crippen LogP contribution in [0.5, 0.6) is 0 Å². The number of nitrogens with one attached hydrogen (secondary N) is 1. The lowest BCUT2D eigenvalue weighted by Crippen LogP contribution is -2.09. The fourth-order valence-corrected chi connectivity index (χ4v) is 1.98. The molecule has 0 aliphatic rings. The van der Waals surface area contributed by atoms with E-state index in [1.807, 2.05) is 0 Å². The van der Waals surface area contributed by atoms with E-state index in [0.717, 1.165) is 0 Å². The molecule has 0 radical (unpaired) electrons. The van der Waals surface area contributed by atoms with E-state index < -0.39 is 10.9 Å². The highest BCUT2D eigenvalue weighted by Crippen LogP contribution is 2.28. The molecule has 21 heavy (non-hydrogen) atoms. The lowest BCUT2D eigenvalue weighted by molar-refractivity contribution is -0.384. The van der Waals surface area contributed by atoms with Crippen LogP contribution in [0.4, 0.5) is 11.4 Å². The summed E-state index contributed by atoms with van der Waals surface area (Å²) in [6.07, 6.45) is 1.46. The maximum absolute atomic E-state index is 11.0. The van der Waals surface area contributed by atoms with Gasteiger partial charge in [0.1, 0.15) is 17.9 Å². The molecule has 1 aromatic heterocycles. The normalized spacial score (nSPS) is 10.3. The first-order valence-corrected chi connectivity index (χ1v) is 6.53. The average molecular weight is 356 g/mol. The van der Waals surface area contributed by atoms with Gasteiger partial charge in [0, 0.05) is 10.5 Å². The standard InChI is InChI=1S/C11H10BrN5O4/c12-7-1-2-9(10(3-7)17(20)21)13-4-8-5-16(15-14-8)6-11(18)19/h1-3,5,13H,4,6H2,(H,18,19). The summed E-state index contributed by atoms with van der Waals surface area (Å²) in [5, 5.41) is 29.9. The molecule has 0 saturated carbocycles. The first-order chi connectivity index (χ1) is 9.95. The SMILES string of the molecule is O=C(O)Cn1cc(CNc2ccc(Br)cc2[N+](=O)[O-])nn1. The lowest BCUT2D eigenvalue weighted by Gasteiger charge is -2.05. The van der Waals surface area contributed by atoms with Gasteiger partial charge in [0.15, 0.2) is 0 Å². The molecule has 0 bridgehead atoms. The zero-order valence-electron chi connectivity index (χ0n) is 10.6. The Labute approximate surface area is 126 Å². The van der Waals surface area contributed by atoms with E-state index in [0.29, 0.717) is 15.9 Å². The van der Waals surface area contributed by atoms with E-state index in [9.17, 15) is 14.9 Å². The monoisotopic (exact) mass is 355 g/mol. The van der Waals surface area contributed by atoms with Crippen molar-refractivity contribution in [2.75, 3.05) is 5.32 Å². The van der Waals surface area contributed by atoms with Crippen molar-refractivity contribution in [2.45, 2.75) is 13.1 Å². The van der Waals surface area contributed by atoms with Crippen LogP contribution in [0.25, 0.3) is 0 Å². The van der Waals surface area contributed by atoms with Crippen molar-refractivity contribution in [3.05, 3.63) is 44.7 Å². The zero-order chi connectivity index (χ0) is 15.4. The molecule has 110 valence electrons. The van der Waals surface area contributed by atoms with Crippen LogP contribution < -0.4 is 5.32 Å². The minimum absolute atomic E-state index is 0.0673. The number of hydrogen-bond donors (Lipinski definition) is 2. The van der Waals surface area contributed by atoms with E-state index in [2.05, 4.69) is 31.6 Å². The van der Waals surface area contributed by atoms with Crippen LogP contribution in [0.1, 0.15) is 5.69 Å². The molecule has 0 aliphatic carbocycles. The highest BCUT2D eigenvalue weighted by atomic mass is 79.9. The number of carbonyl (C=O) groups is 1. The average Bonchev–Trinajstić information content (AvgIpc) is 2.83. The van der Waals surface area contributed by atoms with Gasteiger partial charge in [-0.05, 0) is 12.1 Å². The van der Waals surface area contributed by atoms with Gasteiger partial charge in [-0.15, -0.1) is 5.10 Å². The number of nitro benzene ring substituents is 1. The minimum Gasteiger partial charge on any atom is -0.480 e. The summed E-state index contributed by atoms with van der Waals surface area (Å²) >= 11 is 3.17. The summed E-state index contributed by atoms with van der Waals surface area (Å²) in [6, 6.07) is 4.64. The summed E-state index contributed by atoms with van der Waals surface area (Å²) in [5.74, 6) is -1.03. The molecule has 9 nitrogen and oxygen atoms in total. The maximum Gasteiger partial charge on any atom is 0.325 e. The molecule has 1 aromatic carbocycles. The highest BCUT2D eigenvalue weighted by molar-refractivity contribution is 9.10. The van der Waals surface area contributed by atoms with Crippen LogP contribution in [-0.2, 0) is 17.9 Å². The molecule has 2 rings (SSSR count). The minimum atomic E-state index is -1.03. The molecular formula is C11H10BrN5O4. The second kappa shape index (κ2) is 6.31. The third-order valence-electron chi connectivity index (χ3n) is 2.50. The predicted molar refractivity (Wildman–Crippen MR) is 75.8 cm³/mol. The van der Waals surface area contributed by atoms with Gasteiger partial charge < -0.3 is 10.4 Å². The van der Waals surface area contributed by atoms with Crippen LogP contribution >= 0.6 is 15.9 Å². The summed E-state index contributed by atoms with van der Waals surface area (Å²) < 4.78 is 1.78. The number of aliphatic carboxylic acids is 1. The summed E-state index contributed by atoms with van der Waals surface area (Å²) in [7, 11) is 0. The Balaban J connectivity index is 2.08. The maximum atomic E-state index is 11.0. The van der Waals surface area contributed by atoms with Crippen molar-refractivity contribution in [3.63, 3.8) is 0 Å². The Kier molecular flexibility index (Phi) is 4.48. The van der Waals surface area contributed by atoms with Gasteiger partial charge in [0.25, 0.3) is 5.69 Å². The number of hydrogen-bond acceptors (Lipinski definition) is 6. The van der Waals surface area contributed by atoms with Gasteiger partial charge in [-0.2, -0.15) is 0 Å². The van der Waals surface area contributed by atoms with E-state index in [1.54, 1.807) is 12.1 Å². The molecule has 10 heteroatoms. The van der Waals surface area contributed by atoms with Gasteiger partial charge >= 0.3 is 5.97 Å². The van der Waals surface area contributed by atoms with Crippen LogP contribution in [0.3, 0.4) is 0 Å². The number of carboxylic acids is 1. The van der Waals surface area contributed by atoms with Crippen molar-refractivity contribution in [1.29, 1.82) is 0 Å². The Morgan fingerprint density at radius 3 is 2.95 bits per heavy atom. The molecule has 0 amide bonds. The van der Waals surface area contributed by atoms with Crippen molar-refractivity contribution in [2.24, 2.45) is 0 Å². The number of nitro groups is 1. The third kappa shape index (κ3) is 3.99. The molecule has 0 saturated heterocycles. The number of carboxylic acid groups (broad SMARTS) is 1. The van der Waals surface area contributed by atoms with Gasteiger partial charge in [0.05, 0.1) is 17.7 Å². The fraction of sp³-hybridized carbons (Fsp3) is 0.182. The Hall–Kier alpha value is -2.49. The Bertz CT molecular complexity index is 687. The van der Waals surface area contributed by atoms with E-state index >= 15 is 0 Å². The highest BCUT2D eigenvalue weighted by Gasteiger charge is 2.14. The first-order valence-electron chi connectivity index (χ1n) is 5.74. The number of halogens is 1. The first kappa shape index (κ1) is 14.9. The van der Waals surface area contributed by atoms with E-state index in [-0.39, 0.29) is 18.8 Å². The van der Waals surface area contributed by atoms with Crippen LogP contribution in [0.15, 0.2) is 28.9 Å². The smallest absolute Gasteiger partial charge is 0.325 e. The fourth-order valence-electron chi connectivity index (χ4n) is 1.63. The number of rotatable bonds is 6. The molecule has 2 aromatic rings. The van der Waals surface area contributed by atoms with E-state index in [1.165, 1.54) is 16.9 Å². The second-order valence-electron chi connectivity index (χ2n) is 4.07. The van der Waals surface area contributed by atoms with E-state index in [4.69, 9.17) is 5.11 Å². The summed E-state index contributed by atoms with van der Waals surface area (Å²) in [6.45, 7) is -0.0898. The Morgan fingerprint density at radius 1 is 1.52 bits per heavy atom. The molecular weight excluding hydrogens is 346 g/mol. The molecule has 0 atom stereocenters. The van der Waals surface area contributed by atoms with Crippen LogP contribution in [-0.4, -0.2) is 31.0 Å². The lowest BCUT2D eigenvalue weighted by atomic mass is 10.2. The molecule has 2 N–H and O–H groups in total. The van der Waals surface area contributed by atoms with Crippen molar-refractivity contribution in [3.8, 4) is 0 Å². The van der Waals surface area contributed by atoms with Crippen molar-refractivity contribution < 1.29 is 14.8 Å². The quantitative estimate of drug-likeness (QED) is 0.596. The number of anilines is 1. The molecule has 1 heterocycles. The number of aromatic nitrogens is 3. The molecule has 0 aliphatic heterocycles. The third-order valence-corrected chi connectivity index (χ3v) is 2.99. The Morgan fingerprint density at radius 2 is 2.29 bits per heavy atom. The number of nitrogens with zero attached hydrogens (tertiary/aromatic N) is 4. The zero-order valence-corrected chi connectivity index (χ0v) is 12.1. The van der Waals surface area contributed by atoms with Crippen LogP contribution in [0, 0.1) is 10.1 Å². The second-order valence-corrected chi connectivity index (χ2v) is 4.99. The van der Waals surface area contributed by atoms with Crippen molar-refractivity contribution in [1.82, 2.24) is 15.0 Å². The number of benzene rings is 1. The van der Waals surface area contributed by atoms with Gasteiger partial charge in [0.2, 0.25) is 0 Å². The molecule has 0 unspecified atom stereocenters. The summed E-state index contributed by atoms with van der Waals surface area (Å²) in [4.78, 5) is 21.0. The molecule has 0 fully saturated rings. The van der Waals surface area contributed by atoms with Gasteiger partial charge in [-0.3, -0.25) is 14.9 Å². The van der Waals surface area contributed by atoms with Crippen LogP contribution in [0.2, 0.25) is 0 Å². The predicted octanol–water partition coefficient (Wildman–Crippen LogP) is 1.65.